The van der Waals surface area contributed by atoms with Gasteiger partial charge in [-0.1, -0.05) is 0 Å². The number of aromatic nitrogens is 2. The van der Waals surface area contributed by atoms with Gasteiger partial charge >= 0.3 is 5.97 Å². The van der Waals surface area contributed by atoms with Crippen molar-refractivity contribution in [3.63, 3.8) is 0 Å². The van der Waals surface area contributed by atoms with E-state index < -0.39 is 23.7 Å². The topological polar surface area (TPSA) is 116 Å². The zero-order chi connectivity index (χ0) is 24.3. The van der Waals surface area contributed by atoms with Gasteiger partial charge in [0.1, 0.15) is 11.5 Å². The number of aryl methyl sites for hydroxylation is 1. The maximum absolute atomic E-state index is 13.1. The minimum atomic E-state index is -0.755. The Balaban J connectivity index is 2.13. The Kier molecular flexibility index (Phi) is 7.33. The lowest BCUT2D eigenvalue weighted by atomic mass is 9.94. The fourth-order valence-electron chi connectivity index (χ4n) is 4.21. The molecule has 1 fully saturated rings. The van der Waals surface area contributed by atoms with Crippen LogP contribution in [-0.2, 0) is 14.3 Å². The lowest BCUT2D eigenvalue weighted by Gasteiger charge is -2.25. The van der Waals surface area contributed by atoms with Crippen LogP contribution in [0.4, 0.5) is 0 Å². The number of aromatic amines is 1. The molecule has 176 valence electrons. The highest BCUT2D eigenvalue weighted by Crippen LogP contribution is 2.40. The normalized spacial score (nSPS) is 17.8. The second-order valence-corrected chi connectivity index (χ2v) is 8.28. The molecule has 2 aromatic rings. The van der Waals surface area contributed by atoms with Crippen molar-refractivity contribution in [2.75, 3.05) is 33.8 Å². The van der Waals surface area contributed by atoms with Crippen LogP contribution in [0, 0.1) is 13.8 Å². The quantitative estimate of drug-likeness (QED) is 0.273. The first kappa shape index (κ1) is 24.2. The van der Waals surface area contributed by atoms with Crippen LogP contribution in [-0.4, -0.2) is 76.3 Å². The molecule has 1 atom stereocenters. The summed E-state index contributed by atoms with van der Waals surface area (Å²) in [5.74, 6) is -2.27. The van der Waals surface area contributed by atoms with Gasteiger partial charge in [0.05, 0.1) is 18.2 Å². The van der Waals surface area contributed by atoms with E-state index in [1.165, 1.54) is 4.90 Å². The van der Waals surface area contributed by atoms with E-state index in [1.54, 1.807) is 45.3 Å². The highest BCUT2D eigenvalue weighted by molar-refractivity contribution is 6.46. The largest absolute Gasteiger partial charge is 0.507 e. The van der Waals surface area contributed by atoms with E-state index in [0.29, 0.717) is 35.3 Å². The number of ketones is 1. The molecule has 33 heavy (non-hydrogen) atoms. The number of nitrogens with one attached hydrogen (secondary N) is 1. The van der Waals surface area contributed by atoms with Crippen LogP contribution < -0.4 is 0 Å². The summed E-state index contributed by atoms with van der Waals surface area (Å²) in [6, 6.07) is 2.70. The summed E-state index contributed by atoms with van der Waals surface area (Å²) in [6.07, 6.45) is 3.83. The summed E-state index contributed by atoms with van der Waals surface area (Å²) in [6.45, 7) is 6.36. The number of ether oxygens (including phenoxy) is 1. The number of hydrogen-bond acceptors (Lipinski definition) is 7. The molecule has 0 aliphatic carbocycles. The Bertz CT molecular complexity index is 1090. The number of Topliss-reactive ketones (excluding diaryl/α,β-unsaturated/α-hetero) is 1. The van der Waals surface area contributed by atoms with Crippen LogP contribution in [0.25, 0.3) is 5.76 Å². The van der Waals surface area contributed by atoms with Crippen molar-refractivity contribution in [3.8, 4) is 0 Å². The van der Waals surface area contributed by atoms with Crippen LogP contribution in [0.1, 0.15) is 52.3 Å². The van der Waals surface area contributed by atoms with Gasteiger partial charge in [-0.2, -0.15) is 0 Å². The molecule has 3 rings (SSSR count). The molecule has 9 heteroatoms. The van der Waals surface area contributed by atoms with Crippen molar-refractivity contribution in [2.45, 2.75) is 33.2 Å². The van der Waals surface area contributed by atoms with Crippen molar-refractivity contribution in [2.24, 2.45) is 0 Å². The first-order valence-electron chi connectivity index (χ1n) is 10.9. The third-order valence-corrected chi connectivity index (χ3v) is 5.72. The van der Waals surface area contributed by atoms with Gasteiger partial charge in [0, 0.05) is 30.2 Å². The monoisotopic (exact) mass is 454 g/mol. The van der Waals surface area contributed by atoms with Gasteiger partial charge in [-0.3, -0.25) is 14.6 Å². The lowest BCUT2D eigenvalue weighted by molar-refractivity contribution is -0.139. The van der Waals surface area contributed by atoms with Crippen molar-refractivity contribution >= 4 is 23.4 Å². The van der Waals surface area contributed by atoms with Gasteiger partial charge in [0.25, 0.3) is 11.7 Å². The molecule has 0 aromatic carbocycles. The molecule has 0 saturated carbocycles. The summed E-state index contributed by atoms with van der Waals surface area (Å²) in [5.41, 5.74) is 2.15. The smallest absolute Gasteiger partial charge is 0.355 e. The molecule has 3 heterocycles. The molecule has 1 saturated heterocycles. The standard InChI is InChI=1S/C24H30N4O5/c1-6-33-24(32)19-14(2)17(15(3)26-19)21(29)18-20(16-8-10-25-11-9-16)28(23(31)22(18)30)13-7-12-27(4)5/h8-11,20,26,29H,6-7,12-13H2,1-5H3/t20-/m0/s1. The summed E-state index contributed by atoms with van der Waals surface area (Å²) in [7, 11) is 3.88. The zero-order valence-corrected chi connectivity index (χ0v) is 19.6. The lowest BCUT2D eigenvalue weighted by Crippen LogP contribution is -2.32. The molecule has 1 aliphatic heterocycles. The van der Waals surface area contributed by atoms with Crippen LogP contribution in [0.2, 0.25) is 0 Å². The number of carbonyl (C=O) groups is 3. The number of hydrogen-bond donors (Lipinski definition) is 2. The van der Waals surface area contributed by atoms with Crippen LogP contribution in [0.5, 0.6) is 0 Å². The third kappa shape index (κ3) is 4.68. The fourth-order valence-corrected chi connectivity index (χ4v) is 4.21. The molecule has 0 spiro atoms. The number of carbonyl (C=O) groups excluding carboxylic acids is 3. The molecule has 0 radical (unpaired) electrons. The average Bonchev–Trinajstić information content (AvgIpc) is 3.21. The highest BCUT2D eigenvalue weighted by Gasteiger charge is 2.46. The number of likely N-dealkylation sites (tertiary alicyclic amines) is 1. The van der Waals surface area contributed by atoms with Gasteiger partial charge in [-0.15, -0.1) is 0 Å². The Morgan fingerprint density at radius 3 is 2.52 bits per heavy atom. The molecular formula is C24H30N4O5. The Hall–Kier alpha value is -3.46. The number of rotatable bonds is 8. The molecule has 0 bridgehead atoms. The Morgan fingerprint density at radius 2 is 1.91 bits per heavy atom. The van der Waals surface area contributed by atoms with Crippen molar-refractivity contribution in [1.29, 1.82) is 0 Å². The van der Waals surface area contributed by atoms with E-state index in [0.717, 1.165) is 6.54 Å². The summed E-state index contributed by atoms with van der Waals surface area (Å²) in [4.78, 5) is 48.9. The van der Waals surface area contributed by atoms with Gasteiger partial charge < -0.3 is 24.6 Å². The second-order valence-electron chi connectivity index (χ2n) is 8.28. The minimum Gasteiger partial charge on any atom is -0.507 e. The van der Waals surface area contributed by atoms with Gasteiger partial charge in [-0.25, -0.2) is 4.79 Å². The first-order valence-corrected chi connectivity index (χ1v) is 10.9. The summed E-state index contributed by atoms with van der Waals surface area (Å²) >= 11 is 0. The molecule has 1 amide bonds. The first-order chi connectivity index (χ1) is 15.7. The number of amides is 1. The van der Waals surface area contributed by atoms with Gasteiger partial charge in [0.15, 0.2) is 0 Å². The Morgan fingerprint density at radius 1 is 1.24 bits per heavy atom. The molecule has 1 aliphatic rings. The van der Waals surface area contributed by atoms with Gasteiger partial charge in [-0.05, 0) is 71.1 Å². The van der Waals surface area contributed by atoms with E-state index in [-0.39, 0.29) is 23.6 Å². The maximum Gasteiger partial charge on any atom is 0.355 e. The average molecular weight is 455 g/mol. The third-order valence-electron chi connectivity index (χ3n) is 5.72. The highest BCUT2D eigenvalue weighted by atomic mass is 16.5. The predicted octanol–water partition coefficient (Wildman–Crippen LogP) is 2.58. The SMILES string of the molecule is CCOC(=O)c1[nH]c(C)c(C(O)=C2C(=O)C(=O)N(CCCN(C)C)[C@H]2c2ccncc2)c1C. The van der Waals surface area contributed by atoms with Gasteiger partial charge in [0.2, 0.25) is 0 Å². The second kappa shape index (κ2) is 9.99. The zero-order valence-electron chi connectivity index (χ0n) is 19.6. The van der Waals surface area contributed by atoms with E-state index in [4.69, 9.17) is 4.74 Å². The number of H-pyrrole nitrogens is 1. The van der Waals surface area contributed by atoms with Crippen molar-refractivity contribution in [3.05, 3.63) is 58.2 Å². The van der Waals surface area contributed by atoms with E-state index in [9.17, 15) is 19.5 Å². The van der Waals surface area contributed by atoms with Crippen molar-refractivity contribution in [1.82, 2.24) is 19.8 Å². The molecule has 2 N–H and O–H groups in total. The van der Waals surface area contributed by atoms with Crippen LogP contribution in [0.3, 0.4) is 0 Å². The van der Waals surface area contributed by atoms with E-state index >= 15 is 0 Å². The Labute approximate surface area is 193 Å². The summed E-state index contributed by atoms with van der Waals surface area (Å²) < 4.78 is 5.08. The number of nitrogens with zero attached hydrogens (tertiary/aromatic N) is 3. The van der Waals surface area contributed by atoms with Crippen LogP contribution >= 0.6 is 0 Å². The summed E-state index contributed by atoms with van der Waals surface area (Å²) in [5, 5.41) is 11.3. The number of pyridine rings is 1. The molecular weight excluding hydrogens is 424 g/mol. The number of aliphatic hydroxyl groups excluding tert-OH is 1. The van der Waals surface area contributed by atoms with Crippen LogP contribution in [0.15, 0.2) is 30.1 Å². The molecule has 0 unspecified atom stereocenters. The minimum absolute atomic E-state index is 0.00309. The predicted molar refractivity (Wildman–Crippen MR) is 123 cm³/mol. The number of esters is 1. The molecule has 9 nitrogen and oxygen atoms in total. The molecule has 2 aromatic heterocycles. The fraction of sp³-hybridized carbons (Fsp3) is 0.417. The maximum atomic E-state index is 13.1. The van der Waals surface area contributed by atoms with E-state index in [1.807, 2.05) is 19.0 Å². The van der Waals surface area contributed by atoms with Crippen molar-refractivity contribution < 1.29 is 24.2 Å². The van der Waals surface area contributed by atoms with E-state index in [2.05, 4.69) is 9.97 Å². The number of aliphatic hydroxyl groups is 1.